The minimum Gasteiger partial charge on any atom is -0.286 e. The minimum absolute atomic E-state index is 0.0574. The lowest BCUT2D eigenvalue weighted by Crippen LogP contribution is -2.18. The van der Waals surface area contributed by atoms with Crippen molar-refractivity contribution in [3.8, 4) is 0 Å². The molecule has 0 spiro atoms. The summed E-state index contributed by atoms with van der Waals surface area (Å²) in [5, 5.41) is 0. The Kier molecular flexibility index (Phi) is 2.92. The average molecular weight is 246 g/mol. The van der Waals surface area contributed by atoms with Crippen LogP contribution in [0.5, 0.6) is 0 Å². The largest absolute Gasteiger partial charge is 0.286 e. The molecular formula is C16H22O2. The van der Waals surface area contributed by atoms with E-state index in [1.165, 1.54) is 11.1 Å². The molecule has 18 heavy (non-hydrogen) atoms. The van der Waals surface area contributed by atoms with Crippen LogP contribution in [0.25, 0.3) is 16.7 Å². The zero-order chi connectivity index (χ0) is 13.7. The fourth-order valence-corrected chi connectivity index (χ4v) is 2.53. The molecule has 1 aromatic carbocycles. The molecule has 0 radical (unpaired) electrons. The highest BCUT2D eigenvalue weighted by atomic mass is 17.0. The van der Waals surface area contributed by atoms with Crippen molar-refractivity contribution in [3.05, 3.63) is 29.3 Å². The highest BCUT2D eigenvalue weighted by molar-refractivity contribution is 5.89. The summed E-state index contributed by atoms with van der Waals surface area (Å²) < 4.78 is 10.3. The van der Waals surface area contributed by atoms with Gasteiger partial charge in [-0.25, -0.2) is 0 Å². The third-order valence-corrected chi connectivity index (χ3v) is 3.29. The molecule has 2 aromatic rings. The van der Waals surface area contributed by atoms with Gasteiger partial charge >= 0.3 is 0 Å². The predicted octanol–water partition coefficient (Wildman–Crippen LogP) is 5.48. The number of allylic oxidation sites excluding steroid dienone is 1. The highest BCUT2D eigenvalue weighted by Crippen LogP contribution is 2.41. The lowest BCUT2D eigenvalue weighted by Gasteiger charge is -2.28. The molecule has 2 nitrogen and oxygen atoms in total. The van der Waals surface area contributed by atoms with Gasteiger partial charge in [0, 0.05) is 5.56 Å². The fraction of sp³-hybridized carbons (Fsp3) is 0.500. The molecule has 2 rings (SSSR count). The first-order valence-corrected chi connectivity index (χ1v) is 6.45. The Balaban J connectivity index is 2.88. The summed E-state index contributed by atoms with van der Waals surface area (Å²) in [6.07, 6.45) is 0. The molecule has 0 N–H and O–H groups in total. The van der Waals surface area contributed by atoms with Crippen LogP contribution in [0.1, 0.15) is 64.2 Å². The molecule has 0 amide bonds. The van der Waals surface area contributed by atoms with Crippen molar-refractivity contribution >= 4 is 16.7 Å². The van der Waals surface area contributed by atoms with Gasteiger partial charge in [0.05, 0.1) is 0 Å². The van der Waals surface area contributed by atoms with Crippen molar-refractivity contribution in [2.45, 2.75) is 52.9 Å². The van der Waals surface area contributed by atoms with Crippen LogP contribution in [-0.2, 0) is 5.41 Å². The van der Waals surface area contributed by atoms with Gasteiger partial charge in [-0.2, -0.15) is 0 Å². The molecule has 0 aliphatic carbocycles. The molecule has 0 saturated carbocycles. The monoisotopic (exact) mass is 246 g/mol. The smallest absolute Gasteiger partial charge is 0.233 e. The van der Waals surface area contributed by atoms with Crippen LogP contribution in [0.2, 0.25) is 0 Å². The van der Waals surface area contributed by atoms with E-state index >= 15 is 0 Å². The van der Waals surface area contributed by atoms with Crippen LogP contribution in [0.15, 0.2) is 21.8 Å². The number of fused-ring (bicyclic) bond motifs is 1. The summed E-state index contributed by atoms with van der Waals surface area (Å²) in [7, 11) is 0. The topological polar surface area (TPSA) is 26.3 Å². The summed E-state index contributed by atoms with van der Waals surface area (Å²) in [4.78, 5) is 0. The summed E-state index contributed by atoms with van der Waals surface area (Å²) in [5.41, 5.74) is 6.54. The number of hydrogen-bond acceptors (Lipinski definition) is 2. The molecule has 98 valence electrons. The van der Waals surface area contributed by atoms with Crippen LogP contribution in [0.4, 0.5) is 0 Å². The standard InChI is InChI=1S/C16H22O2/c1-9(2)11-8-12-15(18-17-12)13(10(3)4)14(11)16(5,6)7/h8-9H,3H2,1-2,4-7H3. The quantitative estimate of drug-likeness (QED) is 0.656. The molecule has 0 aliphatic heterocycles. The second-order valence-electron chi connectivity index (χ2n) is 6.39. The second kappa shape index (κ2) is 4.04. The van der Waals surface area contributed by atoms with Gasteiger partial charge in [-0.15, -0.1) is 0 Å². The molecule has 2 heteroatoms. The van der Waals surface area contributed by atoms with Crippen LogP contribution in [0, 0.1) is 0 Å². The van der Waals surface area contributed by atoms with Crippen molar-refractivity contribution in [3.63, 3.8) is 0 Å². The molecule has 0 bridgehead atoms. The van der Waals surface area contributed by atoms with E-state index in [9.17, 15) is 0 Å². The van der Waals surface area contributed by atoms with Crippen LogP contribution in [0.3, 0.4) is 0 Å². The van der Waals surface area contributed by atoms with E-state index in [0.29, 0.717) is 5.92 Å². The first-order chi connectivity index (χ1) is 8.23. The predicted molar refractivity (Wildman–Crippen MR) is 76.0 cm³/mol. The zero-order valence-corrected chi connectivity index (χ0v) is 12.2. The Morgan fingerprint density at radius 3 is 2.17 bits per heavy atom. The maximum Gasteiger partial charge on any atom is 0.233 e. The van der Waals surface area contributed by atoms with Gasteiger partial charge in [0.2, 0.25) is 11.2 Å². The average Bonchev–Trinajstić information content (AvgIpc) is 2.16. The van der Waals surface area contributed by atoms with Gasteiger partial charge in [0.25, 0.3) is 0 Å². The Labute approximate surface area is 109 Å². The van der Waals surface area contributed by atoms with E-state index in [4.69, 9.17) is 9.15 Å². The normalized spacial score (nSPS) is 12.6. The van der Waals surface area contributed by atoms with E-state index in [1.807, 2.05) is 6.92 Å². The Bertz CT molecular complexity index is 588. The van der Waals surface area contributed by atoms with E-state index in [0.717, 1.165) is 22.3 Å². The van der Waals surface area contributed by atoms with Crippen LogP contribution in [-0.4, -0.2) is 0 Å². The van der Waals surface area contributed by atoms with Gasteiger partial charge in [-0.3, -0.25) is 9.15 Å². The molecule has 0 fully saturated rings. The third-order valence-electron chi connectivity index (χ3n) is 3.29. The Morgan fingerprint density at radius 2 is 1.83 bits per heavy atom. The van der Waals surface area contributed by atoms with E-state index in [2.05, 4.69) is 47.3 Å². The molecule has 1 aromatic heterocycles. The Hall–Kier alpha value is -1.44. The molecule has 1 heterocycles. The zero-order valence-electron chi connectivity index (χ0n) is 12.2. The van der Waals surface area contributed by atoms with Crippen molar-refractivity contribution in [2.75, 3.05) is 0 Å². The summed E-state index contributed by atoms with van der Waals surface area (Å²) in [6.45, 7) is 17.2. The first kappa shape index (κ1) is 13.0. The number of rotatable bonds is 2. The summed E-state index contributed by atoms with van der Waals surface area (Å²) in [5.74, 6) is 0.451. The minimum atomic E-state index is 0.0574. The highest BCUT2D eigenvalue weighted by Gasteiger charge is 2.28. The molecule has 0 atom stereocenters. The van der Waals surface area contributed by atoms with Gasteiger partial charge in [-0.1, -0.05) is 41.2 Å². The third kappa shape index (κ3) is 1.90. The van der Waals surface area contributed by atoms with E-state index in [1.54, 1.807) is 0 Å². The number of hydrogen-bond donors (Lipinski definition) is 0. The van der Waals surface area contributed by atoms with Crippen LogP contribution >= 0.6 is 0 Å². The molecule has 0 unspecified atom stereocenters. The lowest BCUT2D eigenvalue weighted by molar-refractivity contribution is 0.0583. The Morgan fingerprint density at radius 1 is 1.22 bits per heavy atom. The van der Waals surface area contributed by atoms with Gasteiger partial charge < -0.3 is 0 Å². The van der Waals surface area contributed by atoms with Gasteiger partial charge in [-0.05, 0) is 41.0 Å². The van der Waals surface area contributed by atoms with Crippen molar-refractivity contribution in [1.29, 1.82) is 0 Å². The number of benzene rings is 1. The molecule has 0 aliphatic rings. The lowest BCUT2D eigenvalue weighted by atomic mass is 9.76. The van der Waals surface area contributed by atoms with Crippen LogP contribution < -0.4 is 0 Å². The second-order valence-corrected chi connectivity index (χ2v) is 6.39. The van der Waals surface area contributed by atoms with E-state index in [-0.39, 0.29) is 5.41 Å². The summed E-state index contributed by atoms with van der Waals surface area (Å²) >= 11 is 0. The SMILES string of the molecule is C=C(C)c1c(C(C)(C)C)c(C(C)C)cc2ooc12. The fourth-order valence-electron chi connectivity index (χ4n) is 2.53. The summed E-state index contributed by atoms with van der Waals surface area (Å²) in [6, 6.07) is 2.11. The maximum absolute atomic E-state index is 5.18. The first-order valence-electron chi connectivity index (χ1n) is 6.45. The van der Waals surface area contributed by atoms with Crippen molar-refractivity contribution in [2.24, 2.45) is 0 Å². The van der Waals surface area contributed by atoms with E-state index < -0.39 is 0 Å². The van der Waals surface area contributed by atoms with Gasteiger partial charge in [0.15, 0.2) is 0 Å². The molecule has 0 saturated heterocycles. The maximum atomic E-state index is 5.18. The van der Waals surface area contributed by atoms with Crippen molar-refractivity contribution < 1.29 is 9.15 Å². The van der Waals surface area contributed by atoms with Crippen molar-refractivity contribution in [1.82, 2.24) is 0 Å². The molecular weight excluding hydrogens is 224 g/mol. The van der Waals surface area contributed by atoms with Gasteiger partial charge in [0.1, 0.15) is 0 Å².